The van der Waals surface area contributed by atoms with Gasteiger partial charge in [-0.25, -0.2) is 0 Å². The van der Waals surface area contributed by atoms with E-state index in [-0.39, 0.29) is 11.8 Å². The van der Waals surface area contributed by atoms with Crippen molar-refractivity contribution in [2.45, 2.75) is 32.2 Å². The lowest BCUT2D eigenvalue weighted by atomic mass is 9.99. The molecule has 0 N–H and O–H groups in total. The molecule has 130 valence electrons. The van der Waals surface area contributed by atoms with Gasteiger partial charge >= 0.3 is 0 Å². The molecule has 1 saturated heterocycles. The zero-order chi connectivity index (χ0) is 17.8. The van der Waals surface area contributed by atoms with Crippen LogP contribution in [-0.2, 0) is 4.79 Å². The van der Waals surface area contributed by atoms with E-state index >= 15 is 0 Å². The first-order chi connectivity index (χ1) is 12.1. The lowest BCUT2D eigenvalue weighted by Crippen LogP contribution is -2.52. The number of hydrogen-bond donors (Lipinski definition) is 0. The number of aromatic nitrogens is 1. The Labute approximate surface area is 148 Å². The minimum Gasteiger partial charge on any atom is -0.327 e. The number of nitrogens with zero attached hydrogens (tertiary/aromatic N) is 3. The maximum atomic E-state index is 13.1. The van der Waals surface area contributed by atoms with E-state index in [9.17, 15) is 9.59 Å². The van der Waals surface area contributed by atoms with E-state index in [4.69, 9.17) is 0 Å². The van der Waals surface area contributed by atoms with E-state index in [1.165, 1.54) is 0 Å². The summed E-state index contributed by atoms with van der Waals surface area (Å²) in [6, 6.07) is 10.9. The van der Waals surface area contributed by atoms with Crippen molar-refractivity contribution in [2.24, 2.45) is 0 Å². The molecular formula is C20H23N3O2. The highest BCUT2D eigenvalue weighted by molar-refractivity contribution is 6.02. The van der Waals surface area contributed by atoms with E-state index < -0.39 is 6.04 Å². The molecule has 3 rings (SSSR count). The monoisotopic (exact) mass is 337 g/mol. The van der Waals surface area contributed by atoms with Crippen molar-refractivity contribution in [2.75, 3.05) is 18.5 Å². The maximum absolute atomic E-state index is 13.1. The Kier molecular flexibility index (Phi) is 5.12. The minimum absolute atomic E-state index is 0.0393. The number of anilines is 1. The van der Waals surface area contributed by atoms with Gasteiger partial charge in [-0.3, -0.25) is 14.6 Å². The van der Waals surface area contributed by atoms with E-state index in [1.807, 2.05) is 31.2 Å². The van der Waals surface area contributed by atoms with Crippen LogP contribution in [0.25, 0.3) is 0 Å². The summed E-state index contributed by atoms with van der Waals surface area (Å²) in [6.07, 6.45) is 5.77. The van der Waals surface area contributed by atoms with E-state index in [0.717, 1.165) is 24.1 Å². The van der Waals surface area contributed by atoms with Crippen molar-refractivity contribution in [1.29, 1.82) is 0 Å². The number of rotatable bonds is 3. The van der Waals surface area contributed by atoms with Gasteiger partial charge in [0.05, 0.1) is 5.56 Å². The lowest BCUT2D eigenvalue weighted by molar-refractivity contribution is -0.123. The number of likely N-dealkylation sites (tertiary alicyclic amines) is 1. The highest BCUT2D eigenvalue weighted by Crippen LogP contribution is 2.23. The van der Waals surface area contributed by atoms with Crippen LogP contribution in [0.15, 0.2) is 48.8 Å². The zero-order valence-electron chi connectivity index (χ0n) is 14.7. The second kappa shape index (κ2) is 7.47. The fourth-order valence-electron chi connectivity index (χ4n) is 3.27. The summed E-state index contributed by atoms with van der Waals surface area (Å²) in [6.45, 7) is 2.60. The van der Waals surface area contributed by atoms with Crippen molar-refractivity contribution < 1.29 is 9.59 Å². The summed E-state index contributed by atoms with van der Waals surface area (Å²) in [5, 5.41) is 0. The van der Waals surface area contributed by atoms with Gasteiger partial charge in [-0.05, 0) is 56.0 Å². The van der Waals surface area contributed by atoms with Crippen LogP contribution in [0.5, 0.6) is 0 Å². The van der Waals surface area contributed by atoms with Crippen LogP contribution in [0, 0.1) is 6.92 Å². The molecule has 1 aliphatic rings. The Hall–Kier alpha value is -2.69. The maximum Gasteiger partial charge on any atom is 0.256 e. The van der Waals surface area contributed by atoms with E-state index in [0.29, 0.717) is 18.5 Å². The Balaban J connectivity index is 1.83. The third-order valence-corrected chi connectivity index (χ3v) is 4.68. The van der Waals surface area contributed by atoms with Gasteiger partial charge in [-0.15, -0.1) is 0 Å². The predicted octanol–water partition coefficient (Wildman–Crippen LogP) is 3.05. The van der Waals surface area contributed by atoms with Crippen LogP contribution >= 0.6 is 0 Å². The van der Waals surface area contributed by atoms with Crippen molar-refractivity contribution in [3.8, 4) is 0 Å². The highest BCUT2D eigenvalue weighted by atomic mass is 16.2. The van der Waals surface area contributed by atoms with Crippen molar-refractivity contribution in [3.05, 3.63) is 59.9 Å². The standard InChI is InChI=1S/C20H23N3O2/c1-15-7-5-9-17(13-15)22(2)20(25)18-10-3-4-12-23(18)19(24)16-8-6-11-21-14-16/h5-9,11,13-14,18H,3-4,10,12H2,1-2H3. The lowest BCUT2D eigenvalue weighted by Gasteiger charge is -2.36. The summed E-state index contributed by atoms with van der Waals surface area (Å²) in [4.78, 5) is 33.3. The average Bonchev–Trinajstić information content (AvgIpc) is 2.67. The first-order valence-corrected chi connectivity index (χ1v) is 8.63. The van der Waals surface area contributed by atoms with Gasteiger partial charge in [0.25, 0.3) is 5.91 Å². The molecule has 0 bridgehead atoms. The zero-order valence-corrected chi connectivity index (χ0v) is 14.7. The molecule has 1 aromatic carbocycles. The average molecular weight is 337 g/mol. The molecule has 0 saturated carbocycles. The Bertz CT molecular complexity index is 761. The van der Waals surface area contributed by atoms with E-state index in [1.54, 1.807) is 41.4 Å². The summed E-state index contributed by atoms with van der Waals surface area (Å²) in [7, 11) is 1.78. The van der Waals surface area contributed by atoms with Gasteiger partial charge in [-0.1, -0.05) is 12.1 Å². The molecule has 1 aliphatic heterocycles. The van der Waals surface area contributed by atoms with Gasteiger partial charge in [0.2, 0.25) is 5.91 Å². The summed E-state index contributed by atoms with van der Waals surface area (Å²) < 4.78 is 0. The van der Waals surface area contributed by atoms with Crippen LogP contribution in [0.4, 0.5) is 5.69 Å². The molecule has 0 radical (unpaired) electrons. The summed E-state index contributed by atoms with van der Waals surface area (Å²) in [5.74, 6) is -0.161. The fourth-order valence-corrected chi connectivity index (χ4v) is 3.27. The molecule has 1 unspecified atom stereocenters. The number of likely N-dealkylation sites (N-methyl/N-ethyl adjacent to an activating group) is 1. The van der Waals surface area contributed by atoms with Crippen molar-refractivity contribution in [1.82, 2.24) is 9.88 Å². The third-order valence-electron chi connectivity index (χ3n) is 4.68. The van der Waals surface area contributed by atoms with Crippen LogP contribution in [-0.4, -0.2) is 41.3 Å². The number of piperidine rings is 1. The van der Waals surface area contributed by atoms with E-state index in [2.05, 4.69) is 4.98 Å². The molecule has 5 heteroatoms. The number of benzene rings is 1. The number of pyridine rings is 1. The van der Waals surface area contributed by atoms with Crippen molar-refractivity contribution in [3.63, 3.8) is 0 Å². The van der Waals surface area contributed by atoms with Crippen LogP contribution in [0.2, 0.25) is 0 Å². The molecule has 1 aromatic heterocycles. The molecule has 0 aliphatic carbocycles. The molecule has 2 heterocycles. The first kappa shape index (κ1) is 17.1. The Morgan fingerprint density at radius 3 is 2.76 bits per heavy atom. The molecule has 25 heavy (non-hydrogen) atoms. The quantitative estimate of drug-likeness (QED) is 0.865. The number of hydrogen-bond acceptors (Lipinski definition) is 3. The van der Waals surface area contributed by atoms with Gasteiger partial charge in [-0.2, -0.15) is 0 Å². The molecule has 2 amide bonds. The number of carbonyl (C=O) groups excluding carboxylic acids is 2. The normalized spacial score (nSPS) is 17.2. The molecule has 5 nitrogen and oxygen atoms in total. The van der Waals surface area contributed by atoms with Gasteiger partial charge in [0, 0.05) is 31.7 Å². The number of carbonyl (C=O) groups is 2. The predicted molar refractivity (Wildman–Crippen MR) is 97.5 cm³/mol. The van der Waals surface area contributed by atoms with Crippen LogP contribution in [0.3, 0.4) is 0 Å². The topological polar surface area (TPSA) is 53.5 Å². The molecule has 1 fully saturated rings. The minimum atomic E-state index is -0.424. The van der Waals surface area contributed by atoms with Gasteiger partial charge in [0.1, 0.15) is 6.04 Å². The second-order valence-electron chi connectivity index (χ2n) is 6.49. The summed E-state index contributed by atoms with van der Waals surface area (Å²) in [5.41, 5.74) is 2.48. The molecule has 0 spiro atoms. The Morgan fingerprint density at radius 2 is 2.04 bits per heavy atom. The number of aryl methyl sites for hydroxylation is 1. The SMILES string of the molecule is Cc1cccc(N(C)C(=O)C2CCCCN2C(=O)c2cccnc2)c1. The van der Waals surface area contributed by atoms with Crippen LogP contribution < -0.4 is 4.90 Å². The largest absolute Gasteiger partial charge is 0.327 e. The van der Waals surface area contributed by atoms with Gasteiger partial charge < -0.3 is 9.80 Å². The second-order valence-corrected chi connectivity index (χ2v) is 6.49. The smallest absolute Gasteiger partial charge is 0.256 e. The molecule has 2 aromatic rings. The fraction of sp³-hybridized carbons (Fsp3) is 0.350. The third kappa shape index (κ3) is 3.71. The van der Waals surface area contributed by atoms with Crippen molar-refractivity contribution >= 4 is 17.5 Å². The van der Waals surface area contributed by atoms with Crippen LogP contribution in [0.1, 0.15) is 35.2 Å². The summed E-state index contributed by atoms with van der Waals surface area (Å²) >= 11 is 0. The van der Waals surface area contributed by atoms with Gasteiger partial charge in [0.15, 0.2) is 0 Å². The Morgan fingerprint density at radius 1 is 1.20 bits per heavy atom. The highest BCUT2D eigenvalue weighted by Gasteiger charge is 2.34. The molecule has 1 atom stereocenters. The molecular weight excluding hydrogens is 314 g/mol. The first-order valence-electron chi connectivity index (χ1n) is 8.63. The number of amides is 2.